The van der Waals surface area contributed by atoms with E-state index in [9.17, 15) is 4.79 Å². The molecule has 4 aromatic carbocycles. The molecule has 1 aromatic heterocycles. The van der Waals surface area contributed by atoms with Gasteiger partial charge in [0.2, 0.25) is 0 Å². The number of hydrazone groups is 1. The largest absolute Gasteiger partial charge is 0.497 e. The predicted molar refractivity (Wildman–Crippen MR) is 153 cm³/mol. The SMILES string of the molecule is COc1ccc(-c2nnc(SCC(=O)N/N=C(/C)c3cccc4ccccc34)n2-c2ccc(C)cc2)cc1. The number of rotatable bonds is 8. The molecular formula is C30H27N5O2S. The van der Waals surface area contributed by atoms with Crippen LogP contribution in [0.3, 0.4) is 0 Å². The molecule has 5 rings (SSSR count). The fraction of sp³-hybridized carbons (Fsp3) is 0.133. The monoisotopic (exact) mass is 521 g/mol. The Hall–Kier alpha value is -4.43. The molecule has 0 saturated carbocycles. The van der Waals surface area contributed by atoms with Crippen LogP contribution in [0.5, 0.6) is 5.75 Å². The van der Waals surface area contributed by atoms with Crippen LogP contribution in [-0.4, -0.2) is 39.2 Å². The summed E-state index contributed by atoms with van der Waals surface area (Å²) in [6.45, 7) is 3.94. The predicted octanol–water partition coefficient (Wildman–Crippen LogP) is 6.04. The van der Waals surface area contributed by atoms with E-state index < -0.39 is 0 Å². The lowest BCUT2D eigenvalue weighted by Gasteiger charge is -2.11. The topological polar surface area (TPSA) is 81.4 Å². The fourth-order valence-electron chi connectivity index (χ4n) is 4.13. The number of carbonyl (C=O) groups excluding carboxylic acids is 1. The number of carbonyl (C=O) groups is 1. The fourth-order valence-corrected chi connectivity index (χ4v) is 4.87. The van der Waals surface area contributed by atoms with Gasteiger partial charge in [0, 0.05) is 16.8 Å². The minimum absolute atomic E-state index is 0.138. The van der Waals surface area contributed by atoms with Gasteiger partial charge in [-0.15, -0.1) is 10.2 Å². The highest BCUT2D eigenvalue weighted by Gasteiger charge is 2.17. The van der Waals surface area contributed by atoms with Crippen molar-refractivity contribution in [3.05, 3.63) is 102 Å². The third-order valence-corrected chi connectivity index (χ3v) is 7.06. The molecule has 1 heterocycles. The minimum Gasteiger partial charge on any atom is -0.497 e. The lowest BCUT2D eigenvalue weighted by molar-refractivity contribution is -0.118. The van der Waals surface area contributed by atoms with Gasteiger partial charge >= 0.3 is 0 Å². The van der Waals surface area contributed by atoms with Crippen LogP contribution < -0.4 is 10.2 Å². The first-order valence-electron chi connectivity index (χ1n) is 12.1. The van der Waals surface area contributed by atoms with Gasteiger partial charge < -0.3 is 4.74 Å². The second-order valence-corrected chi connectivity index (χ2v) is 9.70. The van der Waals surface area contributed by atoms with Gasteiger partial charge in [-0.2, -0.15) is 5.10 Å². The van der Waals surface area contributed by atoms with Crippen LogP contribution in [0.25, 0.3) is 27.8 Å². The van der Waals surface area contributed by atoms with Gasteiger partial charge in [0.15, 0.2) is 11.0 Å². The van der Waals surface area contributed by atoms with Crippen LogP contribution in [0.1, 0.15) is 18.1 Å². The molecule has 0 radical (unpaired) electrons. The quantitative estimate of drug-likeness (QED) is 0.153. The molecule has 0 fully saturated rings. The number of hydrogen-bond donors (Lipinski definition) is 1. The molecule has 0 bridgehead atoms. The van der Waals surface area contributed by atoms with E-state index in [2.05, 4.69) is 38.9 Å². The number of hydrogen-bond acceptors (Lipinski definition) is 6. The Balaban J connectivity index is 1.35. The summed E-state index contributed by atoms with van der Waals surface area (Å²) in [5.41, 5.74) is 7.38. The summed E-state index contributed by atoms with van der Waals surface area (Å²) < 4.78 is 7.25. The Morgan fingerprint density at radius 3 is 2.45 bits per heavy atom. The molecule has 0 aliphatic carbocycles. The summed E-state index contributed by atoms with van der Waals surface area (Å²) in [5, 5.41) is 16.1. The second kappa shape index (κ2) is 11.3. The number of nitrogens with one attached hydrogen (secondary N) is 1. The third-order valence-electron chi connectivity index (χ3n) is 6.13. The number of ether oxygens (including phenoxy) is 1. The molecule has 0 unspecified atom stereocenters. The summed E-state index contributed by atoms with van der Waals surface area (Å²) in [5.74, 6) is 1.36. The Kier molecular flexibility index (Phi) is 7.51. The normalized spacial score (nSPS) is 11.5. The smallest absolute Gasteiger partial charge is 0.250 e. The van der Waals surface area contributed by atoms with Crippen molar-refractivity contribution >= 4 is 34.2 Å². The maximum absolute atomic E-state index is 12.7. The van der Waals surface area contributed by atoms with E-state index in [-0.39, 0.29) is 11.7 Å². The van der Waals surface area contributed by atoms with Crippen molar-refractivity contribution in [2.24, 2.45) is 5.10 Å². The zero-order valence-corrected chi connectivity index (χ0v) is 22.2. The van der Waals surface area contributed by atoms with Crippen molar-refractivity contribution in [1.29, 1.82) is 0 Å². The molecule has 1 N–H and O–H groups in total. The molecule has 0 aliphatic heterocycles. The Morgan fingerprint density at radius 2 is 1.68 bits per heavy atom. The maximum atomic E-state index is 12.7. The van der Waals surface area contributed by atoms with Crippen LogP contribution in [-0.2, 0) is 4.79 Å². The van der Waals surface area contributed by atoms with E-state index in [0.29, 0.717) is 11.0 Å². The number of methoxy groups -OCH3 is 1. The maximum Gasteiger partial charge on any atom is 0.250 e. The van der Waals surface area contributed by atoms with E-state index in [1.165, 1.54) is 11.8 Å². The highest BCUT2D eigenvalue weighted by molar-refractivity contribution is 7.99. The molecule has 38 heavy (non-hydrogen) atoms. The zero-order chi connectivity index (χ0) is 26.5. The van der Waals surface area contributed by atoms with Crippen molar-refractivity contribution in [1.82, 2.24) is 20.2 Å². The van der Waals surface area contributed by atoms with Crippen molar-refractivity contribution in [2.45, 2.75) is 19.0 Å². The molecule has 0 aliphatic rings. The van der Waals surface area contributed by atoms with E-state index in [1.807, 2.05) is 91.2 Å². The number of benzene rings is 4. The first kappa shape index (κ1) is 25.2. The number of thioether (sulfide) groups is 1. The highest BCUT2D eigenvalue weighted by Crippen LogP contribution is 2.29. The number of fused-ring (bicyclic) bond motifs is 1. The van der Waals surface area contributed by atoms with Crippen molar-refractivity contribution in [3.63, 3.8) is 0 Å². The highest BCUT2D eigenvalue weighted by atomic mass is 32.2. The molecule has 8 heteroatoms. The van der Waals surface area contributed by atoms with Crippen molar-refractivity contribution in [3.8, 4) is 22.8 Å². The number of aryl methyl sites for hydroxylation is 1. The molecule has 190 valence electrons. The average Bonchev–Trinajstić information content (AvgIpc) is 3.38. The summed E-state index contributed by atoms with van der Waals surface area (Å²) >= 11 is 1.31. The van der Waals surface area contributed by atoms with Gasteiger partial charge in [-0.25, -0.2) is 5.43 Å². The molecule has 1 amide bonds. The van der Waals surface area contributed by atoms with E-state index in [1.54, 1.807) is 7.11 Å². The zero-order valence-electron chi connectivity index (χ0n) is 21.4. The first-order chi connectivity index (χ1) is 18.5. The second-order valence-electron chi connectivity index (χ2n) is 8.75. The summed E-state index contributed by atoms with van der Waals surface area (Å²) in [6, 6.07) is 30.0. The Morgan fingerprint density at radius 1 is 0.947 bits per heavy atom. The molecule has 0 atom stereocenters. The molecule has 7 nitrogen and oxygen atoms in total. The van der Waals surface area contributed by atoms with Crippen LogP contribution in [0.2, 0.25) is 0 Å². The van der Waals surface area contributed by atoms with Gasteiger partial charge in [0.1, 0.15) is 5.75 Å². The van der Waals surface area contributed by atoms with Gasteiger partial charge in [-0.05, 0) is 61.0 Å². The minimum atomic E-state index is -0.223. The van der Waals surface area contributed by atoms with Gasteiger partial charge in [-0.3, -0.25) is 9.36 Å². The van der Waals surface area contributed by atoms with Crippen LogP contribution in [0.15, 0.2) is 101 Å². The van der Waals surface area contributed by atoms with Crippen LogP contribution in [0.4, 0.5) is 0 Å². The summed E-state index contributed by atoms with van der Waals surface area (Å²) in [6.07, 6.45) is 0. The number of amides is 1. The third kappa shape index (κ3) is 5.45. The summed E-state index contributed by atoms with van der Waals surface area (Å²) in [7, 11) is 1.64. The lowest BCUT2D eigenvalue weighted by Crippen LogP contribution is -2.21. The molecule has 0 saturated heterocycles. The lowest BCUT2D eigenvalue weighted by atomic mass is 10.0. The van der Waals surface area contributed by atoms with Crippen LogP contribution in [0, 0.1) is 6.92 Å². The van der Waals surface area contributed by atoms with E-state index in [4.69, 9.17) is 4.74 Å². The van der Waals surface area contributed by atoms with Crippen molar-refractivity contribution in [2.75, 3.05) is 12.9 Å². The molecule has 5 aromatic rings. The van der Waals surface area contributed by atoms with Crippen LogP contribution >= 0.6 is 11.8 Å². The van der Waals surface area contributed by atoms with Gasteiger partial charge in [0.25, 0.3) is 5.91 Å². The van der Waals surface area contributed by atoms with E-state index in [0.717, 1.165) is 44.6 Å². The molecule has 0 spiro atoms. The van der Waals surface area contributed by atoms with Gasteiger partial charge in [0.05, 0.1) is 18.6 Å². The standard InChI is InChI=1S/C30H27N5O2S/c1-20-11-15-24(16-12-20)35-29(23-13-17-25(37-3)18-14-23)33-34-30(35)38-19-28(36)32-31-21(2)26-10-6-8-22-7-4-5-9-27(22)26/h4-18H,19H2,1-3H3,(H,32,36)/b31-21-. The van der Waals surface area contributed by atoms with E-state index >= 15 is 0 Å². The van der Waals surface area contributed by atoms with Crippen molar-refractivity contribution < 1.29 is 9.53 Å². The Labute approximate surface area is 225 Å². The number of nitrogens with zero attached hydrogens (tertiary/aromatic N) is 4. The molecular weight excluding hydrogens is 494 g/mol. The Bertz CT molecular complexity index is 1600. The summed E-state index contributed by atoms with van der Waals surface area (Å²) in [4.78, 5) is 12.7. The van der Waals surface area contributed by atoms with Gasteiger partial charge in [-0.1, -0.05) is 71.9 Å². The first-order valence-corrected chi connectivity index (χ1v) is 13.1. The average molecular weight is 522 g/mol. The number of aromatic nitrogens is 3.